The summed E-state index contributed by atoms with van der Waals surface area (Å²) in [5.41, 5.74) is -0.593. The first-order chi connectivity index (χ1) is 14.8. The van der Waals surface area contributed by atoms with E-state index in [1.807, 2.05) is 6.92 Å². The number of esters is 1. The number of hydrogen-bond donors (Lipinski definition) is 1. The average Bonchev–Trinajstić information content (AvgIpc) is 3.43. The molecular weight excluding hydrogens is 434 g/mol. The van der Waals surface area contributed by atoms with Gasteiger partial charge in [0.2, 0.25) is 0 Å². The van der Waals surface area contributed by atoms with Crippen LogP contribution in [0.4, 0.5) is 5.69 Å². The normalized spacial score (nSPS) is 20.7. The van der Waals surface area contributed by atoms with Crippen LogP contribution in [-0.4, -0.2) is 31.1 Å². The summed E-state index contributed by atoms with van der Waals surface area (Å²) in [4.78, 5) is 25.8. The number of sulfonamides is 1. The van der Waals surface area contributed by atoms with E-state index >= 15 is 0 Å². The van der Waals surface area contributed by atoms with Gasteiger partial charge in [0.05, 0.1) is 9.82 Å². The molecule has 1 aliphatic carbocycles. The predicted octanol–water partition coefficient (Wildman–Crippen LogP) is 3.68. The lowest BCUT2D eigenvalue weighted by atomic mass is 9.99. The van der Waals surface area contributed by atoms with Crippen molar-refractivity contribution in [3.63, 3.8) is 0 Å². The minimum absolute atomic E-state index is 0.0394. The molecule has 2 atom stereocenters. The molecule has 2 aromatic rings. The maximum Gasteiger partial charge on any atom is 0.318 e. The van der Waals surface area contributed by atoms with E-state index in [2.05, 4.69) is 9.93 Å². The van der Waals surface area contributed by atoms with Gasteiger partial charge < -0.3 is 4.74 Å². The van der Waals surface area contributed by atoms with E-state index in [1.165, 1.54) is 30.5 Å². The van der Waals surface area contributed by atoms with Gasteiger partial charge in [-0.05, 0) is 51.8 Å². The third-order valence-electron chi connectivity index (χ3n) is 5.06. The van der Waals surface area contributed by atoms with Crippen molar-refractivity contribution in [3.05, 3.63) is 69.8 Å². The van der Waals surface area contributed by atoms with Gasteiger partial charge in [-0.2, -0.15) is 13.5 Å². The molecule has 0 saturated heterocycles. The van der Waals surface area contributed by atoms with Crippen molar-refractivity contribution in [2.75, 3.05) is 0 Å². The fourth-order valence-electron chi connectivity index (χ4n) is 3.32. The second-order valence-electron chi connectivity index (χ2n) is 8.82. The first-order valence-electron chi connectivity index (χ1n) is 9.95. The van der Waals surface area contributed by atoms with Crippen molar-refractivity contribution in [1.82, 2.24) is 4.83 Å². The molecule has 0 amide bonds. The number of nitro groups is 1. The Hall–Kier alpha value is -3.27. The molecule has 1 saturated carbocycles. The fourth-order valence-corrected chi connectivity index (χ4v) is 4.12. The van der Waals surface area contributed by atoms with E-state index in [-0.39, 0.29) is 10.6 Å². The zero-order valence-electron chi connectivity index (χ0n) is 18.2. The summed E-state index contributed by atoms with van der Waals surface area (Å²) in [7, 11) is -3.92. The first-order valence-corrected chi connectivity index (χ1v) is 11.4. The standard InChI is InChI=1S/C22H25N3O6S/c1-15-8-10-18(11-9-15)32(29,30)24-23-14-22(20(26)31-21(2,3)4)13-19(22)16-6-5-7-17(12-16)25(27)28/h5-12,14,19,24H,13H2,1-4H3/b23-14+/t19-,22-/m0/s1. The quantitative estimate of drug-likeness (QED) is 0.291. The lowest BCUT2D eigenvalue weighted by Gasteiger charge is -2.23. The van der Waals surface area contributed by atoms with Crippen molar-refractivity contribution in [1.29, 1.82) is 0 Å². The molecule has 10 heteroatoms. The summed E-state index contributed by atoms with van der Waals surface area (Å²) in [5.74, 6) is -0.996. The minimum Gasteiger partial charge on any atom is -0.459 e. The van der Waals surface area contributed by atoms with Crippen molar-refractivity contribution in [2.24, 2.45) is 10.5 Å². The number of rotatable bonds is 7. The summed E-state index contributed by atoms with van der Waals surface area (Å²) >= 11 is 0. The Morgan fingerprint density at radius 3 is 2.50 bits per heavy atom. The van der Waals surface area contributed by atoms with E-state index < -0.39 is 37.8 Å². The van der Waals surface area contributed by atoms with Crippen LogP contribution in [0.5, 0.6) is 0 Å². The highest BCUT2D eigenvalue weighted by molar-refractivity contribution is 7.89. The molecule has 1 fully saturated rings. The number of nitrogens with zero attached hydrogens (tertiary/aromatic N) is 2. The number of hydrogen-bond acceptors (Lipinski definition) is 7. The molecule has 9 nitrogen and oxygen atoms in total. The Balaban J connectivity index is 1.88. The largest absolute Gasteiger partial charge is 0.459 e. The number of carbonyl (C=O) groups excluding carboxylic acids is 1. The molecule has 1 aliphatic rings. The van der Waals surface area contributed by atoms with Crippen LogP contribution >= 0.6 is 0 Å². The van der Waals surface area contributed by atoms with Crippen LogP contribution in [0.15, 0.2) is 58.5 Å². The van der Waals surface area contributed by atoms with Gasteiger partial charge in [-0.15, -0.1) is 0 Å². The van der Waals surface area contributed by atoms with Crippen LogP contribution in [0, 0.1) is 22.5 Å². The van der Waals surface area contributed by atoms with E-state index in [0.29, 0.717) is 12.0 Å². The highest BCUT2D eigenvalue weighted by atomic mass is 32.2. The lowest BCUT2D eigenvalue weighted by molar-refractivity contribution is -0.384. The second kappa shape index (κ2) is 8.34. The molecule has 0 aromatic heterocycles. The highest BCUT2D eigenvalue weighted by Crippen LogP contribution is 2.59. The number of nitro benzene ring substituents is 1. The second-order valence-corrected chi connectivity index (χ2v) is 10.5. The maximum absolute atomic E-state index is 13.0. The van der Waals surface area contributed by atoms with Crippen LogP contribution in [0.2, 0.25) is 0 Å². The van der Waals surface area contributed by atoms with Crippen LogP contribution in [0.3, 0.4) is 0 Å². The van der Waals surface area contributed by atoms with Gasteiger partial charge in [0.25, 0.3) is 15.7 Å². The van der Waals surface area contributed by atoms with E-state index in [9.17, 15) is 23.3 Å². The van der Waals surface area contributed by atoms with E-state index in [1.54, 1.807) is 45.0 Å². The summed E-state index contributed by atoms with van der Waals surface area (Å²) in [6.45, 7) is 7.01. The Bertz CT molecular complexity index is 1170. The zero-order valence-corrected chi connectivity index (χ0v) is 19.0. The zero-order chi connectivity index (χ0) is 23.7. The van der Waals surface area contributed by atoms with Crippen molar-refractivity contribution in [3.8, 4) is 0 Å². The van der Waals surface area contributed by atoms with Crippen LogP contribution in [0.1, 0.15) is 44.2 Å². The van der Waals surface area contributed by atoms with Crippen LogP contribution in [-0.2, 0) is 19.6 Å². The van der Waals surface area contributed by atoms with Gasteiger partial charge >= 0.3 is 5.97 Å². The molecule has 0 aliphatic heterocycles. The smallest absolute Gasteiger partial charge is 0.318 e. The van der Waals surface area contributed by atoms with E-state index in [4.69, 9.17) is 4.74 Å². The molecule has 170 valence electrons. The molecule has 0 bridgehead atoms. The maximum atomic E-state index is 13.0. The van der Waals surface area contributed by atoms with Gasteiger partial charge in [0, 0.05) is 24.3 Å². The molecule has 0 radical (unpaired) electrons. The van der Waals surface area contributed by atoms with Crippen molar-refractivity contribution < 1.29 is 22.9 Å². The van der Waals surface area contributed by atoms with E-state index in [0.717, 1.165) is 5.56 Å². The molecule has 3 rings (SSSR count). The number of ether oxygens (including phenoxy) is 1. The molecule has 0 spiro atoms. The molecular formula is C22H25N3O6S. The molecule has 2 aromatic carbocycles. The highest BCUT2D eigenvalue weighted by Gasteiger charge is 2.62. The molecule has 32 heavy (non-hydrogen) atoms. The van der Waals surface area contributed by atoms with Gasteiger partial charge in [-0.3, -0.25) is 14.9 Å². The van der Waals surface area contributed by atoms with Gasteiger partial charge in [-0.1, -0.05) is 29.8 Å². The SMILES string of the molecule is Cc1ccc(S(=O)(=O)N/N=C/[C@@]2(C(=O)OC(C)(C)C)C[C@H]2c2cccc([N+](=O)[O-])c2)cc1. The minimum atomic E-state index is -3.92. The Labute approximate surface area is 186 Å². The number of aryl methyl sites for hydroxylation is 1. The monoisotopic (exact) mass is 459 g/mol. The summed E-state index contributed by atoms with van der Waals surface area (Å²) < 4.78 is 30.5. The third kappa shape index (κ3) is 5.13. The average molecular weight is 460 g/mol. The molecule has 1 N–H and O–H groups in total. The lowest BCUT2D eigenvalue weighted by Crippen LogP contribution is -2.32. The van der Waals surface area contributed by atoms with Crippen molar-refractivity contribution in [2.45, 2.75) is 50.5 Å². The Morgan fingerprint density at radius 1 is 1.25 bits per heavy atom. The summed E-state index contributed by atoms with van der Waals surface area (Å²) in [5, 5.41) is 15.0. The van der Waals surface area contributed by atoms with Crippen LogP contribution < -0.4 is 4.83 Å². The Kier molecular flexibility index (Phi) is 6.10. The third-order valence-corrected chi connectivity index (χ3v) is 6.30. The Morgan fingerprint density at radius 2 is 1.91 bits per heavy atom. The van der Waals surface area contributed by atoms with Gasteiger partial charge in [0.15, 0.2) is 0 Å². The number of hydrazone groups is 1. The topological polar surface area (TPSA) is 128 Å². The fraction of sp³-hybridized carbons (Fsp3) is 0.364. The number of benzene rings is 2. The first kappa shape index (κ1) is 23.4. The number of non-ortho nitro benzene ring substituents is 1. The molecule has 0 heterocycles. The van der Waals surface area contributed by atoms with Crippen LogP contribution in [0.25, 0.3) is 0 Å². The van der Waals surface area contributed by atoms with Gasteiger partial charge in [0.1, 0.15) is 11.0 Å². The van der Waals surface area contributed by atoms with Crippen molar-refractivity contribution >= 4 is 27.9 Å². The predicted molar refractivity (Wildman–Crippen MR) is 119 cm³/mol. The number of carbonyl (C=O) groups is 1. The number of nitrogens with one attached hydrogen (secondary N) is 1. The summed E-state index contributed by atoms with van der Waals surface area (Å²) in [6, 6.07) is 12.3. The molecule has 0 unspecified atom stereocenters. The summed E-state index contributed by atoms with van der Waals surface area (Å²) in [6.07, 6.45) is 1.52. The van der Waals surface area contributed by atoms with Gasteiger partial charge in [-0.25, -0.2) is 4.83 Å².